The van der Waals surface area contributed by atoms with Crippen LogP contribution in [0.4, 0.5) is 11.5 Å². The summed E-state index contributed by atoms with van der Waals surface area (Å²) in [5, 5.41) is 9.95. The molecule has 0 spiro atoms. The van der Waals surface area contributed by atoms with Gasteiger partial charge in [0.15, 0.2) is 0 Å². The number of ether oxygens (including phenoxy) is 1. The van der Waals surface area contributed by atoms with Crippen LogP contribution in [-0.2, 0) is 7.05 Å². The van der Waals surface area contributed by atoms with E-state index in [2.05, 4.69) is 20.4 Å². The second-order valence-electron chi connectivity index (χ2n) is 6.24. The van der Waals surface area contributed by atoms with Crippen LogP contribution >= 0.6 is 11.6 Å². The Morgan fingerprint density at radius 2 is 2.00 bits per heavy atom. The van der Waals surface area contributed by atoms with Gasteiger partial charge in [-0.3, -0.25) is 4.68 Å². The minimum absolute atomic E-state index is 0.0873. The van der Waals surface area contributed by atoms with E-state index in [-0.39, 0.29) is 6.10 Å². The van der Waals surface area contributed by atoms with Crippen molar-refractivity contribution in [1.82, 2.24) is 19.7 Å². The predicted molar refractivity (Wildman–Crippen MR) is 107 cm³/mol. The van der Waals surface area contributed by atoms with E-state index in [1.807, 2.05) is 56.7 Å². The van der Waals surface area contributed by atoms with Crippen LogP contribution < -0.4 is 10.1 Å². The van der Waals surface area contributed by atoms with Crippen molar-refractivity contribution in [2.24, 2.45) is 7.05 Å². The molecule has 0 bridgehead atoms. The molecule has 3 aromatic heterocycles. The molecule has 1 atom stereocenters. The quantitative estimate of drug-likeness (QED) is 0.499. The van der Waals surface area contributed by atoms with Gasteiger partial charge in [-0.1, -0.05) is 11.6 Å². The van der Waals surface area contributed by atoms with Crippen molar-refractivity contribution in [1.29, 1.82) is 0 Å². The Labute approximate surface area is 161 Å². The van der Waals surface area contributed by atoms with Crippen LogP contribution in [0.2, 0.25) is 5.15 Å². The third kappa shape index (κ3) is 3.85. The molecule has 0 saturated heterocycles. The molecule has 0 unspecified atom stereocenters. The van der Waals surface area contributed by atoms with Crippen molar-refractivity contribution in [2.75, 3.05) is 5.32 Å². The van der Waals surface area contributed by atoms with Crippen LogP contribution in [0.1, 0.15) is 18.6 Å². The van der Waals surface area contributed by atoms with Gasteiger partial charge in [-0.25, -0.2) is 9.97 Å². The van der Waals surface area contributed by atoms with Crippen molar-refractivity contribution in [3.8, 4) is 5.75 Å². The molecular formula is C20H18ClN5O. The second-order valence-corrected chi connectivity index (χ2v) is 6.63. The van der Waals surface area contributed by atoms with E-state index in [1.54, 1.807) is 23.1 Å². The first-order valence-corrected chi connectivity index (χ1v) is 8.89. The highest BCUT2D eigenvalue weighted by molar-refractivity contribution is 6.29. The third-order valence-corrected chi connectivity index (χ3v) is 4.46. The summed E-state index contributed by atoms with van der Waals surface area (Å²) in [6.07, 6.45) is 7.13. The number of rotatable bonds is 5. The largest absolute Gasteiger partial charge is 0.486 e. The fraction of sp³-hybridized carbons (Fsp3) is 0.150. The number of halogens is 1. The van der Waals surface area contributed by atoms with Crippen LogP contribution in [0.3, 0.4) is 0 Å². The Hall–Kier alpha value is -3.12. The van der Waals surface area contributed by atoms with Crippen LogP contribution in [0.5, 0.6) is 5.75 Å². The molecule has 136 valence electrons. The van der Waals surface area contributed by atoms with Gasteiger partial charge >= 0.3 is 0 Å². The molecular weight excluding hydrogens is 362 g/mol. The number of aryl methyl sites for hydroxylation is 1. The summed E-state index contributed by atoms with van der Waals surface area (Å²) < 4.78 is 7.84. The molecule has 6 nitrogen and oxygen atoms in total. The lowest BCUT2D eigenvalue weighted by Crippen LogP contribution is -2.02. The van der Waals surface area contributed by atoms with Crippen LogP contribution in [0, 0.1) is 0 Å². The second kappa shape index (κ2) is 7.25. The van der Waals surface area contributed by atoms with Crippen LogP contribution in [0.15, 0.2) is 61.2 Å². The van der Waals surface area contributed by atoms with Crippen molar-refractivity contribution >= 4 is 33.9 Å². The summed E-state index contributed by atoms with van der Waals surface area (Å²) in [5.41, 5.74) is 1.86. The molecule has 0 amide bonds. The lowest BCUT2D eigenvalue weighted by Gasteiger charge is -2.14. The van der Waals surface area contributed by atoms with E-state index < -0.39 is 0 Å². The van der Waals surface area contributed by atoms with Gasteiger partial charge in [-0.2, -0.15) is 5.10 Å². The SMILES string of the molecule is C[C@H](Oc1ccc2c(Nc3ccc(Cl)nc3)nccc2c1)c1cnn(C)c1. The summed E-state index contributed by atoms with van der Waals surface area (Å²) in [6.45, 7) is 2.01. The van der Waals surface area contributed by atoms with E-state index in [0.29, 0.717) is 5.15 Å². The number of anilines is 2. The van der Waals surface area contributed by atoms with Crippen molar-refractivity contribution in [2.45, 2.75) is 13.0 Å². The standard InChI is InChI=1S/C20H18ClN5O/c1-13(15-10-24-26(2)12-15)27-17-4-5-18-14(9-17)7-8-22-20(18)25-16-3-6-19(21)23-11-16/h3-13H,1-2H3,(H,22,25)/t13-/m0/s1. The molecule has 0 fully saturated rings. The number of hydrogen-bond donors (Lipinski definition) is 1. The molecule has 0 aliphatic carbocycles. The lowest BCUT2D eigenvalue weighted by molar-refractivity contribution is 0.227. The van der Waals surface area contributed by atoms with E-state index in [0.717, 1.165) is 33.6 Å². The number of nitrogens with zero attached hydrogens (tertiary/aromatic N) is 4. The molecule has 27 heavy (non-hydrogen) atoms. The fourth-order valence-corrected chi connectivity index (χ4v) is 2.95. The Morgan fingerprint density at radius 1 is 1.11 bits per heavy atom. The maximum Gasteiger partial charge on any atom is 0.138 e. The molecule has 4 aromatic rings. The van der Waals surface area contributed by atoms with Crippen molar-refractivity contribution in [3.05, 3.63) is 71.9 Å². The van der Waals surface area contributed by atoms with Gasteiger partial charge in [-0.15, -0.1) is 0 Å². The van der Waals surface area contributed by atoms with Gasteiger partial charge in [0, 0.05) is 30.4 Å². The first-order chi connectivity index (χ1) is 13.1. The number of fused-ring (bicyclic) bond motifs is 1. The number of aromatic nitrogens is 4. The lowest BCUT2D eigenvalue weighted by atomic mass is 10.1. The van der Waals surface area contributed by atoms with Crippen LogP contribution in [0.25, 0.3) is 10.8 Å². The van der Waals surface area contributed by atoms with Crippen molar-refractivity contribution in [3.63, 3.8) is 0 Å². The maximum absolute atomic E-state index is 6.07. The van der Waals surface area contributed by atoms with E-state index >= 15 is 0 Å². The third-order valence-electron chi connectivity index (χ3n) is 4.23. The Balaban J connectivity index is 1.58. The average Bonchev–Trinajstić information content (AvgIpc) is 3.10. The zero-order valence-corrected chi connectivity index (χ0v) is 15.7. The van der Waals surface area contributed by atoms with Gasteiger partial charge in [-0.05, 0) is 48.7 Å². The summed E-state index contributed by atoms with van der Waals surface area (Å²) in [4.78, 5) is 8.52. The first kappa shape index (κ1) is 17.3. The molecule has 0 aliphatic rings. The minimum Gasteiger partial charge on any atom is -0.486 e. The molecule has 1 aromatic carbocycles. The normalized spacial score (nSPS) is 12.1. The highest BCUT2D eigenvalue weighted by Gasteiger charge is 2.11. The van der Waals surface area contributed by atoms with Crippen molar-refractivity contribution < 1.29 is 4.74 Å². The van der Waals surface area contributed by atoms with Crippen LogP contribution in [-0.4, -0.2) is 19.7 Å². The topological polar surface area (TPSA) is 64.9 Å². The smallest absolute Gasteiger partial charge is 0.138 e. The summed E-state index contributed by atoms with van der Waals surface area (Å²) in [7, 11) is 1.89. The molecule has 3 heterocycles. The number of pyridine rings is 2. The molecule has 0 aliphatic heterocycles. The molecule has 7 heteroatoms. The number of benzene rings is 1. The number of nitrogens with one attached hydrogen (secondary N) is 1. The Bertz CT molecular complexity index is 1080. The van der Waals surface area contributed by atoms with Gasteiger partial charge < -0.3 is 10.1 Å². The monoisotopic (exact) mass is 379 g/mol. The summed E-state index contributed by atoms with van der Waals surface area (Å²) >= 11 is 5.84. The highest BCUT2D eigenvalue weighted by Crippen LogP contribution is 2.29. The van der Waals surface area contributed by atoms with Gasteiger partial charge in [0.1, 0.15) is 22.8 Å². The van der Waals surface area contributed by atoms with Gasteiger partial charge in [0.05, 0.1) is 18.1 Å². The molecule has 1 N–H and O–H groups in total. The van der Waals surface area contributed by atoms with E-state index in [1.165, 1.54) is 0 Å². The zero-order chi connectivity index (χ0) is 18.8. The number of hydrogen-bond acceptors (Lipinski definition) is 5. The molecule has 0 radical (unpaired) electrons. The van der Waals surface area contributed by atoms with E-state index in [4.69, 9.17) is 16.3 Å². The molecule has 0 saturated carbocycles. The first-order valence-electron chi connectivity index (χ1n) is 8.51. The Morgan fingerprint density at radius 3 is 2.74 bits per heavy atom. The average molecular weight is 380 g/mol. The Kier molecular flexibility index (Phi) is 4.64. The maximum atomic E-state index is 6.07. The predicted octanol–water partition coefficient (Wildman–Crippen LogP) is 4.90. The summed E-state index contributed by atoms with van der Waals surface area (Å²) in [6, 6.07) is 11.5. The van der Waals surface area contributed by atoms with E-state index in [9.17, 15) is 0 Å². The van der Waals surface area contributed by atoms with Gasteiger partial charge in [0.2, 0.25) is 0 Å². The molecule has 4 rings (SSSR count). The highest BCUT2D eigenvalue weighted by atomic mass is 35.5. The minimum atomic E-state index is -0.0873. The zero-order valence-electron chi connectivity index (χ0n) is 14.9. The fourth-order valence-electron chi connectivity index (χ4n) is 2.84. The summed E-state index contributed by atoms with van der Waals surface area (Å²) in [5.74, 6) is 1.55. The van der Waals surface area contributed by atoms with Gasteiger partial charge in [0.25, 0.3) is 0 Å².